The van der Waals surface area contributed by atoms with Gasteiger partial charge < -0.3 is 11.6 Å². The van der Waals surface area contributed by atoms with E-state index in [1.165, 1.54) is 0 Å². The van der Waals surface area contributed by atoms with Crippen LogP contribution in [-0.2, 0) is 0 Å². The third kappa shape index (κ3) is 4.49. The summed E-state index contributed by atoms with van der Waals surface area (Å²) in [6.45, 7) is 8.21. The van der Waals surface area contributed by atoms with Crippen LogP contribution in [0.2, 0.25) is 0 Å². The van der Waals surface area contributed by atoms with E-state index < -0.39 is 0 Å². The predicted octanol–water partition coefficient (Wildman–Crippen LogP) is 2.32. The lowest BCUT2D eigenvalue weighted by Crippen LogP contribution is -2.01. The minimum Gasteiger partial charge on any atom is -0.398 e. The maximum absolute atomic E-state index is 5.78. The van der Waals surface area contributed by atoms with Crippen LogP contribution in [0.25, 0.3) is 0 Å². The number of allylic oxidation sites excluding steroid dienone is 5. The van der Waals surface area contributed by atoms with Gasteiger partial charge in [-0.25, -0.2) is 0 Å². The van der Waals surface area contributed by atoms with Gasteiger partial charge in [0.25, 0.3) is 0 Å². The minimum atomic E-state index is 0.0365. The quantitative estimate of drug-likeness (QED) is 0.394. The molecule has 3 heteroatoms. The van der Waals surface area contributed by atoms with Crippen molar-refractivity contribution in [1.29, 1.82) is 0 Å². The van der Waals surface area contributed by atoms with Crippen molar-refractivity contribution >= 4 is 6.21 Å². The van der Waals surface area contributed by atoms with Crippen LogP contribution in [0.5, 0.6) is 0 Å². The van der Waals surface area contributed by atoms with Crippen LogP contribution in [0.15, 0.2) is 40.7 Å². The highest BCUT2D eigenvalue weighted by molar-refractivity contribution is 5.84. The molecule has 0 atom stereocenters. The van der Waals surface area contributed by atoms with E-state index in [0.717, 1.165) is 5.57 Å². The fourth-order valence-corrected chi connectivity index (χ4v) is 1.05. The SMILES string of the molecule is CC.CC1(C)C=CC(N)=C(/C=N\N)C=C1. The first-order valence-electron chi connectivity index (χ1n) is 5.17. The first-order chi connectivity index (χ1) is 7.05. The highest BCUT2D eigenvalue weighted by Crippen LogP contribution is 2.23. The monoisotopic (exact) mass is 207 g/mol. The summed E-state index contributed by atoms with van der Waals surface area (Å²) in [5.74, 6) is 5.06. The molecule has 0 unspecified atom stereocenters. The van der Waals surface area contributed by atoms with Crippen LogP contribution in [-0.4, -0.2) is 6.21 Å². The number of nitrogens with two attached hydrogens (primary N) is 2. The Hall–Kier alpha value is -1.51. The summed E-state index contributed by atoms with van der Waals surface area (Å²) < 4.78 is 0. The largest absolute Gasteiger partial charge is 0.398 e. The maximum Gasteiger partial charge on any atom is 0.0558 e. The van der Waals surface area contributed by atoms with Gasteiger partial charge in [-0.15, -0.1) is 0 Å². The lowest BCUT2D eigenvalue weighted by atomic mass is 9.93. The Bertz CT molecular complexity index is 307. The third-order valence-electron chi connectivity index (χ3n) is 1.93. The standard InChI is InChI=1S/C10H15N3.C2H6/c1-10(2)5-3-8(7-13-12)9(11)4-6-10;1-2/h3-7H,11-12H2,1-2H3;1-2H3/b13-7-;. The molecule has 1 rings (SSSR count). The molecule has 0 spiro atoms. The number of nitrogens with zero attached hydrogens (tertiary/aromatic N) is 1. The van der Waals surface area contributed by atoms with Crippen molar-refractivity contribution in [2.24, 2.45) is 22.1 Å². The summed E-state index contributed by atoms with van der Waals surface area (Å²) in [6, 6.07) is 0. The molecule has 1 aliphatic carbocycles. The molecule has 84 valence electrons. The minimum absolute atomic E-state index is 0.0365. The second kappa shape index (κ2) is 6.06. The molecule has 0 fully saturated rings. The molecule has 0 bridgehead atoms. The summed E-state index contributed by atoms with van der Waals surface area (Å²) in [7, 11) is 0. The molecule has 0 saturated heterocycles. The summed E-state index contributed by atoms with van der Waals surface area (Å²) >= 11 is 0. The van der Waals surface area contributed by atoms with Gasteiger partial charge in [0, 0.05) is 16.7 Å². The van der Waals surface area contributed by atoms with E-state index in [1.54, 1.807) is 6.21 Å². The summed E-state index contributed by atoms with van der Waals surface area (Å²) in [5, 5.41) is 3.45. The normalized spacial score (nSPS) is 18.7. The molecule has 0 aliphatic heterocycles. The van der Waals surface area contributed by atoms with Crippen LogP contribution < -0.4 is 11.6 Å². The fraction of sp³-hybridized carbons (Fsp3) is 0.417. The Labute approximate surface area is 92.2 Å². The van der Waals surface area contributed by atoms with Gasteiger partial charge in [-0.3, -0.25) is 0 Å². The second-order valence-corrected chi connectivity index (χ2v) is 3.68. The Kier molecular flexibility index (Phi) is 5.45. The molecule has 15 heavy (non-hydrogen) atoms. The van der Waals surface area contributed by atoms with Crippen LogP contribution in [0.3, 0.4) is 0 Å². The molecule has 1 aliphatic rings. The van der Waals surface area contributed by atoms with Gasteiger partial charge in [0.1, 0.15) is 0 Å². The zero-order valence-corrected chi connectivity index (χ0v) is 9.99. The van der Waals surface area contributed by atoms with Gasteiger partial charge in [0.05, 0.1) is 6.21 Å². The van der Waals surface area contributed by atoms with Crippen molar-refractivity contribution in [3.05, 3.63) is 35.6 Å². The zero-order chi connectivity index (χ0) is 11.9. The van der Waals surface area contributed by atoms with Gasteiger partial charge in [0.2, 0.25) is 0 Å². The fourth-order valence-electron chi connectivity index (χ4n) is 1.05. The van der Waals surface area contributed by atoms with E-state index in [2.05, 4.69) is 31.1 Å². The summed E-state index contributed by atoms with van der Waals surface area (Å²) in [4.78, 5) is 0. The third-order valence-corrected chi connectivity index (χ3v) is 1.93. The molecular weight excluding hydrogens is 186 g/mol. The number of hydrazone groups is 1. The van der Waals surface area contributed by atoms with E-state index in [9.17, 15) is 0 Å². The molecule has 0 amide bonds. The number of hydrogen-bond acceptors (Lipinski definition) is 3. The molecule has 0 aromatic carbocycles. The summed E-state index contributed by atoms with van der Waals surface area (Å²) in [5.41, 5.74) is 7.36. The molecular formula is C12H21N3. The van der Waals surface area contributed by atoms with Gasteiger partial charge in [-0.05, 0) is 6.08 Å². The van der Waals surface area contributed by atoms with Crippen molar-refractivity contribution < 1.29 is 0 Å². The van der Waals surface area contributed by atoms with E-state index in [4.69, 9.17) is 11.6 Å². The van der Waals surface area contributed by atoms with Crippen LogP contribution in [0, 0.1) is 5.41 Å². The van der Waals surface area contributed by atoms with E-state index in [0.29, 0.717) is 5.70 Å². The highest BCUT2D eigenvalue weighted by Gasteiger charge is 2.11. The van der Waals surface area contributed by atoms with Crippen LogP contribution in [0.1, 0.15) is 27.7 Å². The first-order valence-corrected chi connectivity index (χ1v) is 5.17. The molecule has 3 nitrogen and oxygen atoms in total. The van der Waals surface area contributed by atoms with Gasteiger partial charge >= 0.3 is 0 Å². The van der Waals surface area contributed by atoms with Crippen molar-refractivity contribution in [1.82, 2.24) is 0 Å². The molecule has 0 radical (unpaired) electrons. The lowest BCUT2D eigenvalue weighted by Gasteiger charge is -2.12. The highest BCUT2D eigenvalue weighted by atomic mass is 15.1. The van der Waals surface area contributed by atoms with Gasteiger partial charge in [0.15, 0.2) is 0 Å². The van der Waals surface area contributed by atoms with Crippen molar-refractivity contribution in [2.75, 3.05) is 0 Å². The van der Waals surface area contributed by atoms with Gasteiger partial charge in [-0.1, -0.05) is 45.9 Å². The van der Waals surface area contributed by atoms with E-state index in [-0.39, 0.29) is 5.41 Å². The molecule has 0 aromatic heterocycles. The van der Waals surface area contributed by atoms with Gasteiger partial charge in [-0.2, -0.15) is 5.10 Å². The average Bonchev–Trinajstić information content (AvgIpc) is 2.34. The predicted molar refractivity (Wildman–Crippen MR) is 67.3 cm³/mol. The maximum atomic E-state index is 5.78. The number of hydrogen-bond donors (Lipinski definition) is 2. The van der Waals surface area contributed by atoms with Crippen LogP contribution in [0.4, 0.5) is 0 Å². The Morgan fingerprint density at radius 3 is 2.27 bits per heavy atom. The smallest absolute Gasteiger partial charge is 0.0558 e. The van der Waals surface area contributed by atoms with E-state index >= 15 is 0 Å². The van der Waals surface area contributed by atoms with Crippen LogP contribution >= 0.6 is 0 Å². The lowest BCUT2D eigenvalue weighted by molar-refractivity contribution is 0.627. The van der Waals surface area contributed by atoms with Crippen molar-refractivity contribution in [2.45, 2.75) is 27.7 Å². The Morgan fingerprint density at radius 1 is 1.20 bits per heavy atom. The van der Waals surface area contributed by atoms with Crippen molar-refractivity contribution in [3.8, 4) is 0 Å². The zero-order valence-electron chi connectivity index (χ0n) is 9.99. The Balaban J connectivity index is 0.000000921. The first kappa shape index (κ1) is 13.5. The van der Waals surface area contributed by atoms with E-state index in [1.807, 2.05) is 26.0 Å². The van der Waals surface area contributed by atoms with Crippen molar-refractivity contribution in [3.63, 3.8) is 0 Å². The molecule has 0 aromatic rings. The average molecular weight is 207 g/mol. The molecule has 0 saturated carbocycles. The Morgan fingerprint density at radius 2 is 1.73 bits per heavy atom. The summed E-state index contributed by atoms with van der Waals surface area (Å²) in [6.07, 6.45) is 9.50. The molecule has 4 N–H and O–H groups in total. The second-order valence-electron chi connectivity index (χ2n) is 3.68. The number of rotatable bonds is 1. The topological polar surface area (TPSA) is 64.4 Å². The molecule has 0 heterocycles.